The molecule has 134 valence electrons. The molecule has 0 bridgehead atoms. The van der Waals surface area contributed by atoms with Crippen molar-refractivity contribution >= 4 is 40.3 Å². The predicted octanol–water partition coefficient (Wildman–Crippen LogP) is 5.12. The highest BCUT2D eigenvalue weighted by atomic mass is 32.2. The van der Waals surface area contributed by atoms with E-state index in [1.807, 2.05) is 60.7 Å². The van der Waals surface area contributed by atoms with Crippen molar-refractivity contribution in [3.63, 3.8) is 0 Å². The molecule has 1 aliphatic heterocycles. The molecule has 3 rings (SSSR count). The molecule has 1 aliphatic rings. The second kappa shape index (κ2) is 8.52. The first kappa shape index (κ1) is 18.7. The molecule has 2 aromatic carbocycles. The molecule has 1 amide bonds. The highest BCUT2D eigenvalue weighted by molar-refractivity contribution is 8.26. The molecular weight excluding hydrogens is 362 g/mol. The van der Waals surface area contributed by atoms with Crippen LogP contribution in [-0.2, 0) is 11.3 Å². The zero-order valence-electron chi connectivity index (χ0n) is 14.8. The Balaban J connectivity index is 1.80. The maximum absolute atomic E-state index is 12.8. The van der Waals surface area contributed by atoms with Crippen LogP contribution in [0.15, 0.2) is 59.5 Å². The molecule has 0 radical (unpaired) electrons. The summed E-state index contributed by atoms with van der Waals surface area (Å²) in [7, 11) is 0. The van der Waals surface area contributed by atoms with Gasteiger partial charge in [-0.05, 0) is 23.6 Å². The average molecular weight is 384 g/mol. The molecule has 0 N–H and O–H groups in total. The minimum atomic E-state index is -0.0532. The van der Waals surface area contributed by atoms with E-state index in [2.05, 4.69) is 13.8 Å². The van der Waals surface area contributed by atoms with Gasteiger partial charge in [0.05, 0.1) is 18.1 Å². The maximum Gasteiger partial charge on any atom is 0.266 e. The number of rotatable bonds is 6. The summed E-state index contributed by atoms with van der Waals surface area (Å²) >= 11 is 6.77. The van der Waals surface area contributed by atoms with Gasteiger partial charge in [0.25, 0.3) is 5.91 Å². The van der Waals surface area contributed by atoms with E-state index in [1.165, 1.54) is 11.8 Å². The zero-order chi connectivity index (χ0) is 18.5. The van der Waals surface area contributed by atoms with Gasteiger partial charge in [-0.15, -0.1) is 0 Å². The summed E-state index contributed by atoms with van der Waals surface area (Å²) in [6, 6.07) is 17.7. The Morgan fingerprint density at radius 2 is 1.81 bits per heavy atom. The first-order valence-electron chi connectivity index (χ1n) is 8.55. The Hall–Kier alpha value is -2.11. The van der Waals surface area contributed by atoms with Crippen LogP contribution in [0, 0.1) is 5.92 Å². The van der Waals surface area contributed by atoms with E-state index in [9.17, 15) is 4.79 Å². The van der Waals surface area contributed by atoms with Gasteiger partial charge in [0.15, 0.2) is 0 Å². The number of amides is 1. The largest absolute Gasteiger partial charge is 0.493 e. The van der Waals surface area contributed by atoms with Crippen molar-refractivity contribution in [2.75, 3.05) is 6.61 Å². The molecule has 0 spiro atoms. The van der Waals surface area contributed by atoms with Gasteiger partial charge in [-0.3, -0.25) is 9.69 Å². The second-order valence-corrected chi connectivity index (χ2v) is 8.17. The molecule has 1 heterocycles. The fourth-order valence-electron chi connectivity index (χ4n) is 2.53. The van der Waals surface area contributed by atoms with Crippen LogP contribution in [0.25, 0.3) is 6.08 Å². The number of thiocarbonyl (C=S) groups is 1. The van der Waals surface area contributed by atoms with Gasteiger partial charge in [-0.1, -0.05) is 86.4 Å². The molecule has 5 heteroatoms. The lowest BCUT2D eigenvalue weighted by atomic mass is 10.1. The van der Waals surface area contributed by atoms with Crippen molar-refractivity contribution < 1.29 is 9.53 Å². The third-order valence-electron chi connectivity index (χ3n) is 3.83. The summed E-state index contributed by atoms with van der Waals surface area (Å²) in [6.45, 7) is 5.35. The summed E-state index contributed by atoms with van der Waals surface area (Å²) in [4.78, 5) is 15.1. The number of hydrogen-bond donors (Lipinski definition) is 0. The summed E-state index contributed by atoms with van der Waals surface area (Å²) in [5.41, 5.74) is 1.96. The Morgan fingerprint density at radius 1 is 1.12 bits per heavy atom. The molecule has 0 aliphatic carbocycles. The summed E-state index contributed by atoms with van der Waals surface area (Å²) < 4.78 is 6.47. The lowest BCUT2D eigenvalue weighted by Gasteiger charge is -2.14. The molecule has 0 saturated carbocycles. The molecule has 2 aromatic rings. The van der Waals surface area contributed by atoms with Crippen LogP contribution in [-0.4, -0.2) is 21.7 Å². The first-order chi connectivity index (χ1) is 12.5. The van der Waals surface area contributed by atoms with Crippen molar-refractivity contribution in [3.05, 3.63) is 70.6 Å². The first-order valence-corrected chi connectivity index (χ1v) is 9.78. The molecule has 1 saturated heterocycles. The minimum Gasteiger partial charge on any atom is -0.493 e. The normalized spacial score (nSPS) is 16.0. The second-order valence-electron chi connectivity index (χ2n) is 6.50. The fourth-order valence-corrected chi connectivity index (χ4v) is 3.78. The molecule has 1 fully saturated rings. The van der Waals surface area contributed by atoms with Crippen LogP contribution in [0.2, 0.25) is 0 Å². The Labute approximate surface area is 164 Å². The van der Waals surface area contributed by atoms with Crippen LogP contribution in [0.3, 0.4) is 0 Å². The van der Waals surface area contributed by atoms with E-state index < -0.39 is 0 Å². The van der Waals surface area contributed by atoms with Crippen LogP contribution < -0.4 is 4.74 Å². The average Bonchev–Trinajstić information content (AvgIpc) is 2.89. The predicted molar refractivity (Wildman–Crippen MR) is 112 cm³/mol. The highest BCUT2D eigenvalue weighted by Gasteiger charge is 2.32. The van der Waals surface area contributed by atoms with E-state index in [0.717, 1.165) is 16.9 Å². The lowest BCUT2D eigenvalue weighted by Crippen LogP contribution is -2.27. The van der Waals surface area contributed by atoms with Crippen LogP contribution >= 0.6 is 24.0 Å². The van der Waals surface area contributed by atoms with Crippen LogP contribution in [0.4, 0.5) is 0 Å². The van der Waals surface area contributed by atoms with Crippen molar-refractivity contribution in [2.24, 2.45) is 5.92 Å². The topological polar surface area (TPSA) is 29.5 Å². The third-order valence-corrected chi connectivity index (χ3v) is 5.21. The smallest absolute Gasteiger partial charge is 0.266 e. The van der Waals surface area contributed by atoms with Gasteiger partial charge in [0.2, 0.25) is 0 Å². The van der Waals surface area contributed by atoms with E-state index in [1.54, 1.807) is 4.90 Å². The van der Waals surface area contributed by atoms with Gasteiger partial charge in [-0.25, -0.2) is 0 Å². The minimum absolute atomic E-state index is 0.0532. The SMILES string of the molecule is CC(C)COc1ccccc1/C=C1\SC(=S)N(Cc2ccccc2)C1=O. The van der Waals surface area contributed by atoms with Gasteiger partial charge in [-0.2, -0.15) is 0 Å². The number of hydrogen-bond acceptors (Lipinski definition) is 4. The summed E-state index contributed by atoms with van der Waals surface area (Å²) in [6.07, 6.45) is 1.87. The number of thioether (sulfide) groups is 1. The van der Waals surface area contributed by atoms with E-state index in [4.69, 9.17) is 17.0 Å². The van der Waals surface area contributed by atoms with Crippen LogP contribution in [0.5, 0.6) is 5.75 Å². The van der Waals surface area contributed by atoms with Gasteiger partial charge < -0.3 is 4.74 Å². The number of ether oxygens (including phenoxy) is 1. The zero-order valence-corrected chi connectivity index (χ0v) is 16.5. The Bertz CT molecular complexity index is 831. The Morgan fingerprint density at radius 3 is 2.54 bits per heavy atom. The van der Waals surface area contributed by atoms with E-state index >= 15 is 0 Å². The fraction of sp³-hybridized carbons (Fsp3) is 0.238. The standard InChI is InChI=1S/C21H21NO2S2/c1-15(2)14-24-18-11-7-6-10-17(18)12-19-20(23)22(21(25)26-19)13-16-8-4-3-5-9-16/h3-12,15H,13-14H2,1-2H3/b19-12-. The molecule has 0 unspecified atom stereocenters. The maximum atomic E-state index is 12.8. The van der Waals surface area contributed by atoms with E-state index in [-0.39, 0.29) is 5.91 Å². The molecule has 26 heavy (non-hydrogen) atoms. The van der Waals surface area contributed by atoms with Gasteiger partial charge in [0.1, 0.15) is 10.1 Å². The number of carbonyl (C=O) groups excluding carboxylic acids is 1. The highest BCUT2D eigenvalue weighted by Crippen LogP contribution is 2.35. The number of para-hydroxylation sites is 1. The summed E-state index contributed by atoms with van der Waals surface area (Å²) in [5, 5.41) is 0. The molecule has 0 aromatic heterocycles. The Kier molecular flexibility index (Phi) is 6.12. The van der Waals surface area contributed by atoms with Crippen molar-refractivity contribution in [3.8, 4) is 5.75 Å². The lowest BCUT2D eigenvalue weighted by molar-refractivity contribution is -0.122. The molecule has 3 nitrogen and oxygen atoms in total. The number of carbonyl (C=O) groups is 1. The number of benzene rings is 2. The monoisotopic (exact) mass is 383 g/mol. The quantitative estimate of drug-likeness (QED) is 0.511. The van der Waals surface area contributed by atoms with Crippen molar-refractivity contribution in [2.45, 2.75) is 20.4 Å². The van der Waals surface area contributed by atoms with Gasteiger partial charge in [0, 0.05) is 5.56 Å². The summed E-state index contributed by atoms with van der Waals surface area (Å²) in [5.74, 6) is 1.17. The molecular formula is C21H21NO2S2. The van der Waals surface area contributed by atoms with Crippen molar-refractivity contribution in [1.29, 1.82) is 0 Å². The van der Waals surface area contributed by atoms with Crippen molar-refractivity contribution in [1.82, 2.24) is 4.90 Å². The molecule has 0 atom stereocenters. The van der Waals surface area contributed by atoms with Gasteiger partial charge >= 0.3 is 0 Å². The van der Waals surface area contributed by atoms with E-state index in [0.29, 0.717) is 28.3 Å². The number of nitrogens with zero attached hydrogens (tertiary/aromatic N) is 1. The third kappa shape index (κ3) is 4.54. The van der Waals surface area contributed by atoms with Crippen LogP contribution in [0.1, 0.15) is 25.0 Å².